The lowest BCUT2D eigenvalue weighted by atomic mass is 10.1. The van der Waals surface area contributed by atoms with Gasteiger partial charge >= 0.3 is 0 Å². The average Bonchev–Trinajstić information content (AvgIpc) is 2.38. The lowest BCUT2D eigenvalue weighted by Gasteiger charge is -2.08. The lowest BCUT2D eigenvalue weighted by molar-refractivity contribution is 0.181. The number of hydrogen-bond acceptors (Lipinski definition) is 3. The second-order valence-electron chi connectivity index (χ2n) is 4.00. The number of nitrogens with zero attached hydrogens (tertiary/aromatic N) is 2. The second-order valence-corrected chi connectivity index (χ2v) is 6.29. The Kier molecular flexibility index (Phi) is 5.16. The van der Waals surface area contributed by atoms with Crippen molar-refractivity contribution in [2.75, 3.05) is 7.11 Å². The summed E-state index contributed by atoms with van der Waals surface area (Å²) in [6.45, 7) is 2.45. The van der Waals surface area contributed by atoms with Gasteiger partial charge in [-0.05, 0) is 41.1 Å². The maximum atomic E-state index is 6.15. The highest BCUT2D eigenvalue weighted by Gasteiger charge is 2.12. The van der Waals surface area contributed by atoms with Crippen molar-refractivity contribution in [1.29, 1.82) is 0 Å². The second kappa shape index (κ2) is 6.47. The van der Waals surface area contributed by atoms with Gasteiger partial charge in [-0.1, -0.05) is 39.7 Å². The molecule has 0 aliphatic heterocycles. The van der Waals surface area contributed by atoms with Crippen LogP contribution in [0.15, 0.2) is 22.7 Å². The molecule has 1 aromatic carbocycles. The van der Waals surface area contributed by atoms with Crippen LogP contribution in [0, 0.1) is 10.5 Å². The molecule has 0 atom stereocenters. The Labute approximate surface area is 139 Å². The first-order valence-corrected chi connectivity index (χ1v) is 7.75. The molecule has 0 bridgehead atoms. The molecular formula is C13H11BrClIN2O. The average molecular weight is 454 g/mol. The van der Waals surface area contributed by atoms with Crippen molar-refractivity contribution in [2.45, 2.75) is 13.5 Å². The fraction of sp³-hybridized carbons (Fsp3) is 0.231. The molecule has 19 heavy (non-hydrogen) atoms. The third-order valence-electron chi connectivity index (χ3n) is 2.59. The predicted octanol–water partition coefficient (Wildman–Crippen LogP) is 4.62. The van der Waals surface area contributed by atoms with Crippen LogP contribution < -0.4 is 0 Å². The molecule has 0 spiro atoms. The molecule has 3 nitrogen and oxygen atoms in total. The summed E-state index contributed by atoms with van der Waals surface area (Å²) in [5.74, 6) is 0.609. The minimum absolute atomic E-state index is 0.417. The van der Waals surface area contributed by atoms with E-state index in [1.165, 1.54) is 0 Å². The Morgan fingerprint density at radius 3 is 2.74 bits per heavy atom. The summed E-state index contributed by atoms with van der Waals surface area (Å²) in [7, 11) is 1.63. The molecule has 1 heterocycles. The molecule has 6 heteroatoms. The Bertz CT molecular complexity index is 622. The van der Waals surface area contributed by atoms with Crippen molar-refractivity contribution >= 4 is 50.1 Å². The highest BCUT2D eigenvalue weighted by Crippen LogP contribution is 2.27. The van der Waals surface area contributed by atoms with E-state index >= 15 is 0 Å². The number of ether oxygens (including phenoxy) is 1. The van der Waals surface area contributed by atoms with E-state index in [-0.39, 0.29) is 0 Å². The van der Waals surface area contributed by atoms with Crippen molar-refractivity contribution < 1.29 is 4.74 Å². The van der Waals surface area contributed by atoms with Gasteiger partial charge in [-0.2, -0.15) is 0 Å². The van der Waals surface area contributed by atoms with Crippen LogP contribution in [0.3, 0.4) is 0 Å². The zero-order valence-electron chi connectivity index (χ0n) is 10.4. The zero-order chi connectivity index (χ0) is 14.0. The van der Waals surface area contributed by atoms with Gasteiger partial charge in [0.05, 0.1) is 15.9 Å². The number of methoxy groups -OCH3 is 1. The summed E-state index contributed by atoms with van der Waals surface area (Å²) in [4.78, 5) is 8.84. The summed E-state index contributed by atoms with van der Waals surface area (Å²) in [6.07, 6.45) is 0. The smallest absolute Gasteiger partial charge is 0.161 e. The minimum Gasteiger partial charge on any atom is -0.378 e. The van der Waals surface area contributed by atoms with Crippen LogP contribution in [0.4, 0.5) is 0 Å². The van der Waals surface area contributed by atoms with Crippen LogP contribution in [0.5, 0.6) is 0 Å². The van der Waals surface area contributed by atoms with Gasteiger partial charge in [0.2, 0.25) is 0 Å². The molecule has 0 amide bonds. The molecule has 0 unspecified atom stereocenters. The number of rotatable bonds is 3. The molecule has 100 valence electrons. The largest absolute Gasteiger partial charge is 0.378 e. The van der Waals surface area contributed by atoms with Crippen LogP contribution in [0.2, 0.25) is 5.15 Å². The fourth-order valence-corrected chi connectivity index (χ4v) is 2.52. The van der Waals surface area contributed by atoms with E-state index in [9.17, 15) is 0 Å². The van der Waals surface area contributed by atoms with Gasteiger partial charge in [0.25, 0.3) is 0 Å². The molecule has 0 aliphatic carbocycles. The monoisotopic (exact) mass is 452 g/mol. The number of aromatic nitrogens is 2. The summed E-state index contributed by atoms with van der Waals surface area (Å²) in [6, 6.07) is 5.99. The first kappa shape index (κ1) is 15.2. The maximum Gasteiger partial charge on any atom is 0.161 e. The molecule has 0 radical (unpaired) electrons. The molecule has 0 saturated carbocycles. The van der Waals surface area contributed by atoms with Crippen molar-refractivity contribution in [3.63, 3.8) is 0 Å². The van der Waals surface area contributed by atoms with Gasteiger partial charge in [-0.3, -0.25) is 0 Å². The first-order valence-electron chi connectivity index (χ1n) is 5.50. The van der Waals surface area contributed by atoms with E-state index in [1.54, 1.807) is 7.11 Å². The van der Waals surface area contributed by atoms with Crippen molar-refractivity contribution in [3.8, 4) is 11.4 Å². The Morgan fingerprint density at radius 2 is 2.11 bits per heavy atom. The maximum absolute atomic E-state index is 6.15. The van der Waals surface area contributed by atoms with E-state index in [4.69, 9.17) is 16.3 Å². The van der Waals surface area contributed by atoms with Gasteiger partial charge in [0, 0.05) is 17.1 Å². The van der Waals surface area contributed by atoms with Crippen molar-refractivity contribution in [2.24, 2.45) is 0 Å². The summed E-state index contributed by atoms with van der Waals surface area (Å²) in [5.41, 5.74) is 2.89. The van der Waals surface area contributed by atoms with Gasteiger partial charge in [-0.15, -0.1) is 0 Å². The molecule has 1 aromatic heterocycles. The van der Waals surface area contributed by atoms with E-state index in [2.05, 4.69) is 48.5 Å². The number of halogens is 3. The standard InChI is InChI=1S/C13H11BrClIN2O/c1-7-3-4-8(5-9(7)14)13-17-10(6-19-2)11(16)12(15)18-13/h3-5H,6H2,1-2H3. The Morgan fingerprint density at radius 1 is 1.37 bits per heavy atom. The molecular weight excluding hydrogens is 442 g/mol. The zero-order valence-corrected chi connectivity index (χ0v) is 14.9. The van der Waals surface area contributed by atoms with E-state index < -0.39 is 0 Å². The van der Waals surface area contributed by atoms with Crippen molar-refractivity contribution in [1.82, 2.24) is 9.97 Å². The number of benzene rings is 1. The Hall–Kier alpha value is -0.240. The van der Waals surface area contributed by atoms with Crippen molar-refractivity contribution in [3.05, 3.63) is 42.7 Å². The fourth-order valence-electron chi connectivity index (χ4n) is 1.56. The lowest BCUT2D eigenvalue weighted by Crippen LogP contribution is -2.02. The van der Waals surface area contributed by atoms with Gasteiger partial charge in [0.1, 0.15) is 5.15 Å². The van der Waals surface area contributed by atoms with Gasteiger partial charge in [0.15, 0.2) is 5.82 Å². The first-order chi connectivity index (χ1) is 9.02. The SMILES string of the molecule is COCc1nc(-c2ccc(C)c(Br)c2)nc(Cl)c1I. The van der Waals surface area contributed by atoms with Crippen LogP contribution in [-0.4, -0.2) is 17.1 Å². The molecule has 2 rings (SSSR count). The molecule has 0 saturated heterocycles. The Balaban J connectivity index is 2.52. The van der Waals surface area contributed by atoms with Gasteiger partial charge < -0.3 is 4.74 Å². The quantitative estimate of drug-likeness (QED) is 0.503. The number of hydrogen-bond donors (Lipinski definition) is 0. The third kappa shape index (κ3) is 3.45. The highest BCUT2D eigenvalue weighted by atomic mass is 127. The van der Waals surface area contributed by atoms with E-state index in [0.29, 0.717) is 17.6 Å². The predicted molar refractivity (Wildman–Crippen MR) is 88.3 cm³/mol. The normalized spacial score (nSPS) is 10.8. The van der Waals surface area contributed by atoms with E-state index in [0.717, 1.165) is 24.9 Å². The number of aryl methyl sites for hydroxylation is 1. The van der Waals surface area contributed by atoms with Crippen LogP contribution in [0.25, 0.3) is 11.4 Å². The van der Waals surface area contributed by atoms with Crippen LogP contribution in [0.1, 0.15) is 11.3 Å². The summed E-state index contributed by atoms with van der Waals surface area (Å²) >= 11 is 11.8. The summed E-state index contributed by atoms with van der Waals surface area (Å²) in [5, 5.41) is 0.453. The highest BCUT2D eigenvalue weighted by molar-refractivity contribution is 14.1. The minimum atomic E-state index is 0.417. The molecule has 0 aliphatic rings. The topological polar surface area (TPSA) is 35.0 Å². The summed E-state index contributed by atoms with van der Waals surface area (Å²) < 4.78 is 6.99. The third-order valence-corrected chi connectivity index (χ3v) is 5.17. The van der Waals surface area contributed by atoms with Crippen LogP contribution in [-0.2, 0) is 11.3 Å². The molecule has 0 fully saturated rings. The molecule has 0 N–H and O–H groups in total. The van der Waals surface area contributed by atoms with Crippen LogP contribution >= 0.6 is 50.1 Å². The molecule has 2 aromatic rings. The van der Waals surface area contributed by atoms with Gasteiger partial charge in [-0.25, -0.2) is 9.97 Å². The van der Waals surface area contributed by atoms with E-state index in [1.807, 2.05) is 25.1 Å².